The van der Waals surface area contributed by atoms with Gasteiger partial charge >= 0.3 is 5.97 Å². The molecule has 2 aromatic carbocycles. The van der Waals surface area contributed by atoms with Crippen molar-refractivity contribution in [2.75, 3.05) is 7.11 Å². The van der Waals surface area contributed by atoms with Gasteiger partial charge in [-0.25, -0.2) is 4.79 Å². The molecule has 0 amide bonds. The van der Waals surface area contributed by atoms with Gasteiger partial charge in [0.15, 0.2) is 17.2 Å². The van der Waals surface area contributed by atoms with Gasteiger partial charge in [0.25, 0.3) is 0 Å². The normalized spacial score (nSPS) is 10.6. The van der Waals surface area contributed by atoms with Crippen molar-refractivity contribution in [2.24, 2.45) is 0 Å². The van der Waals surface area contributed by atoms with Crippen molar-refractivity contribution in [3.05, 3.63) is 65.0 Å². The Balaban J connectivity index is 1.91. The van der Waals surface area contributed by atoms with Crippen LogP contribution in [0, 0.1) is 20.8 Å². The third kappa shape index (κ3) is 3.38. The first-order valence-corrected chi connectivity index (χ1v) is 7.86. The molecule has 128 valence electrons. The Morgan fingerprint density at radius 2 is 1.72 bits per heavy atom. The van der Waals surface area contributed by atoms with Crippen LogP contribution in [-0.4, -0.2) is 28.1 Å². The van der Waals surface area contributed by atoms with Gasteiger partial charge in [-0.1, -0.05) is 29.8 Å². The molecule has 0 spiro atoms. The van der Waals surface area contributed by atoms with E-state index >= 15 is 0 Å². The monoisotopic (exact) mass is 337 g/mol. The van der Waals surface area contributed by atoms with Crippen LogP contribution in [-0.2, 0) is 0 Å². The van der Waals surface area contributed by atoms with Gasteiger partial charge in [0.2, 0.25) is 0 Å². The third-order valence-corrected chi connectivity index (χ3v) is 3.81. The van der Waals surface area contributed by atoms with E-state index in [1.54, 1.807) is 31.2 Å². The smallest absolute Gasteiger partial charge is 0.366 e. The predicted octanol–water partition coefficient (Wildman–Crippen LogP) is 3.42. The second kappa shape index (κ2) is 6.76. The number of para-hydroxylation sites is 2. The fraction of sp³-hybridized carbons (Fsp3) is 0.211. The van der Waals surface area contributed by atoms with Crippen molar-refractivity contribution in [3.8, 4) is 17.2 Å². The van der Waals surface area contributed by atoms with Crippen molar-refractivity contribution in [1.29, 1.82) is 0 Å². The molecule has 0 fully saturated rings. The van der Waals surface area contributed by atoms with Gasteiger partial charge in [-0.05, 0) is 44.5 Å². The lowest BCUT2D eigenvalue weighted by Gasteiger charge is -2.07. The van der Waals surface area contributed by atoms with Crippen molar-refractivity contribution >= 4 is 5.97 Å². The number of methoxy groups -OCH3 is 1. The maximum absolute atomic E-state index is 12.5. The minimum Gasteiger partial charge on any atom is -0.493 e. The maximum atomic E-state index is 12.5. The summed E-state index contributed by atoms with van der Waals surface area (Å²) in [6.45, 7) is 5.73. The molecule has 3 aromatic rings. The zero-order valence-electron chi connectivity index (χ0n) is 14.6. The molecular formula is C19H19N3O3. The summed E-state index contributed by atoms with van der Waals surface area (Å²) in [5.74, 6) is 0.253. The zero-order chi connectivity index (χ0) is 18.0. The first-order valence-electron chi connectivity index (χ1n) is 7.86. The molecule has 25 heavy (non-hydrogen) atoms. The summed E-state index contributed by atoms with van der Waals surface area (Å²) < 4.78 is 10.6. The molecule has 0 N–H and O–H groups in total. The Labute approximate surface area is 146 Å². The maximum Gasteiger partial charge on any atom is 0.366 e. The second-order valence-corrected chi connectivity index (χ2v) is 5.75. The quantitative estimate of drug-likeness (QED) is 0.539. The molecule has 6 heteroatoms. The predicted molar refractivity (Wildman–Crippen MR) is 93.5 cm³/mol. The van der Waals surface area contributed by atoms with Crippen molar-refractivity contribution in [1.82, 2.24) is 15.0 Å². The van der Waals surface area contributed by atoms with Gasteiger partial charge in [-0.2, -0.15) is 9.90 Å². The van der Waals surface area contributed by atoms with Crippen molar-refractivity contribution < 1.29 is 14.3 Å². The molecule has 0 saturated carbocycles. The molecule has 0 aliphatic rings. The van der Waals surface area contributed by atoms with E-state index in [4.69, 9.17) is 9.47 Å². The number of benzene rings is 2. The minimum absolute atomic E-state index is 0.172. The Kier molecular flexibility index (Phi) is 4.52. The molecule has 0 unspecified atom stereocenters. The van der Waals surface area contributed by atoms with E-state index in [0.717, 1.165) is 16.8 Å². The fourth-order valence-electron chi connectivity index (χ4n) is 2.56. The third-order valence-electron chi connectivity index (χ3n) is 3.81. The van der Waals surface area contributed by atoms with Gasteiger partial charge in [0, 0.05) is 0 Å². The van der Waals surface area contributed by atoms with Crippen LogP contribution in [0.2, 0.25) is 0 Å². The van der Waals surface area contributed by atoms with E-state index in [1.807, 2.05) is 32.0 Å². The molecule has 0 radical (unpaired) electrons. The lowest BCUT2D eigenvalue weighted by atomic mass is 10.1. The molecule has 6 nitrogen and oxygen atoms in total. The summed E-state index contributed by atoms with van der Waals surface area (Å²) in [6.07, 6.45) is 0. The van der Waals surface area contributed by atoms with Gasteiger partial charge < -0.3 is 9.47 Å². The Morgan fingerprint density at radius 3 is 2.40 bits per heavy atom. The lowest BCUT2D eigenvalue weighted by Crippen LogP contribution is -2.12. The molecule has 0 atom stereocenters. The fourth-order valence-corrected chi connectivity index (χ4v) is 2.56. The summed E-state index contributed by atoms with van der Waals surface area (Å²) >= 11 is 0. The first kappa shape index (κ1) is 16.7. The van der Waals surface area contributed by atoms with Crippen molar-refractivity contribution in [2.45, 2.75) is 20.8 Å². The largest absolute Gasteiger partial charge is 0.493 e. The number of carbonyl (C=O) groups excluding carboxylic acids is 1. The zero-order valence-corrected chi connectivity index (χ0v) is 14.6. The number of esters is 1. The number of rotatable bonds is 4. The van der Waals surface area contributed by atoms with Crippen LogP contribution in [0.15, 0.2) is 42.5 Å². The second-order valence-electron chi connectivity index (χ2n) is 5.75. The van der Waals surface area contributed by atoms with E-state index in [-0.39, 0.29) is 5.69 Å². The average Bonchev–Trinajstić information content (AvgIpc) is 2.97. The highest BCUT2D eigenvalue weighted by atomic mass is 16.6. The summed E-state index contributed by atoms with van der Waals surface area (Å²) in [7, 11) is 1.52. The highest BCUT2D eigenvalue weighted by molar-refractivity contribution is 5.90. The first-order chi connectivity index (χ1) is 12.0. The molecule has 0 bridgehead atoms. The number of hydrogen-bond donors (Lipinski definition) is 0. The van der Waals surface area contributed by atoms with Crippen LogP contribution in [0.5, 0.6) is 11.5 Å². The van der Waals surface area contributed by atoms with Crippen LogP contribution in [0.4, 0.5) is 0 Å². The minimum atomic E-state index is -0.571. The summed E-state index contributed by atoms with van der Waals surface area (Å²) in [5.41, 5.74) is 3.68. The standard InChI is InChI=1S/C19H19N3O3/c1-12-9-10-15(13(2)11-12)22-20-14(3)18(21-22)19(23)25-17-8-6-5-7-16(17)24-4/h5-11H,1-4H3. The summed E-state index contributed by atoms with van der Waals surface area (Å²) in [5, 5.41) is 8.66. The number of nitrogens with zero attached hydrogens (tertiary/aromatic N) is 3. The van der Waals surface area contributed by atoms with Crippen LogP contribution in [0.25, 0.3) is 5.69 Å². The molecule has 0 aliphatic heterocycles. The molecule has 0 aliphatic carbocycles. The van der Waals surface area contributed by atoms with E-state index in [9.17, 15) is 4.79 Å². The summed E-state index contributed by atoms with van der Waals surface area (Å²) in [4.78, 5) is 14.0. The number of ether oxygens (including phenoxy) is 2. The van der Waals surface area contributed by atoms with E-state index in [2.05, 4.69) is 10.2 Å². The highest BCUT2D eigenvalue weighted by Gasteiger charge is 2.20. The van der Waals surface area contributed by atoms with Crippen LogP contribution >= 0.6 is 0 Å². The molecule has 1 aromatic heterocycles. The summed E-state index contributed by atoms with van der Waals surface area (Å²) in [6, 6.07) is 12.9. The van der Waals surface area contributed by atoms with Crippen LogP contribution < -0.4 is 9.47 Å². The molecule has 0 saturated heterocycles. The highest BCUT2D eigenvalue weighted by Crippen LogP contribution is 2.26. The molecule has 1 heterocycles. The number of aryl methyl sites for hydroxylation is 3. The van der Waals surface area contributed by atoms with E-state index in [0.29, 0.717) is 17.2 Å². The average molecular weight is 337 g/mol. The Morgan fingerprint density at radius 1 is 1.00 bits per heavy atom. The van der Waals surface area contributed by atoms with Gasteiger partial charge in [-0.3, -0.25) is 0 Å². The van der Waals surface area contributed by atoms with Gasteiger partial charge in [0.05, 0.1) is 18.5 Å². The van der Waals surface area contributed by atoms with Crippen LogP contribution in [0.1, 0.15) is 27.3 Å². The lowest BCUT2D eigenvalue weighted by molar-refractivity contribution is 0.0722. The van der Waals surface area contributed by atoms with E-state index in [1.165, 1.54) is 11.9 Å². The Hall–Kier alpha value is -3.15. The van der Waals surface area contributed by atoms with Gasteiger partial charge in [-0.15, -0.1) is 5.10 Å². The number of carbonyl (C=O) groups is 1. The Bertz CT molecular complexity index is 931. The SMILES string of the molecule is COc1ccccc1OC(=O)c1nn(-c2ccc(C)cc2C)nc1C. The van der Waals surface area contributed by atoms with Crippen LogP contribution in [0.3, 0.4) is 0 Å². The van der Waals surface area contributed by atoms with Crippen molar-refractivity contribution in [3.63, 3.8) is 0 Å². The van der Waals surface area contributed by atoms with E-state index < -0.39 is 5.97 Å². The topological polar surface area (TPSA) is 66.2 Å². The number of hydrogen-bond acceptors (Lipinski definition) is 5. The number of aromatic nitrogens is 3. The van der Waals surface area contributed by atoms with Gasteiger partial charge in [0.1, 0.15) is 0 Å². The molecule has 3 rings (SSSR count). The molecular weight excluding hydrogens is 318 g/mol.